The Morgan fingerprint density at radius 3 is 1.58 bits per heavy atom. The quantitative estimate of drug-likeness (QED) is 0.249. The molecule has 0 atom stereocenters. The smallest absolute Gasteiger partial charge is 0.104 e. The lowest BCUT2D eigenvalue weighted by Gasteiger charge is -2.11. The van der Waals surface area contributed by atoms with E-state index >= 15 is 0 Å². The highest BCUT2D eigenvalue weighted by Gasteiger charge is 2.03. The molecule has 0 aliphatic heterocycles. The molecule has 0 amide bonds. The normalized spacial score (nSPS) is 12.8. The molecule has 0 bridgehead atoms. The van der Waals surface area contributed by atoms with Crippen LogP contribution in [0.3, 0.4) is 0 Å². The number of hydrogen-bond acceptors (Lipinski definition) is 3. The summed E-state index contributed by atoms with van der Waals surface area (Å²) in [4.78, 5) is 0. The second-order valence-electron chi connectivity index (χ2n) is 6.44. The Balaban J connectivity index is 3.41. The third-order valence-corrected chi connectivity index (χ3v) is 3.98. The number of aliphatic hydroxyl groups is 2. The molecule has 0 aromatic rings. The van der Waals surface area contributed by atoms with Crippen molar-refractivity contribution < 1.29 is 14.9 Å². The topological polar surface area (TPSA) is 49.7 Å². The van der Waals surface area contributed by atoms with Crippen LogP contribution in [0.1, 0.15) is 71.1 Å². The highest BCUT2D eigenvalue weighted by atomic mass is 16.5. The van der Waals surface area contributed by atoms with Crippen LogP contribution in [-0.2, 0) is 4.74 Å². The van der Waals surface area contributed by atoms with Crippen molar-refractivity contribution in [2.45, 2.75) is 77.2 Å². The average molecular weight is 365 g/mol. The Bertz CT molecular complexity index is 379. The molecular weight excluding hydrogens is 324 g/mol. The van der Waals surface area contributed by atoms with Crippen molar-refractivity contribution in [3.05, 3.63) is 48.6 Å². The first-order valence-electron chi connectivity index (χ1n) is 10.3. The van der Waals surface area contributed by atoms with Crippen LogP contribution in [-0.4, -0.2) is 36.1 Å². The SMILES string of the molecule is CCCCC/C=C/C/C=C/C/C=C/C/C=C\CCCCOC(CO)CO. The van der Waals surface area contributed by atoms with Crippen molar-refractivity contribution in [1.82, 2.24) is 0 Å². The number of allylic oxidation sites excluding steroid dienone is 8. The Kier molecular flexibility index (Phi) is 20.9. The van der Waals surface area contributed by atoms with Gasteiger partial charge in [0.05, 0.1) is 13.2 Å². The summed E-state index contributed by atoms with van der Waals surface area (Å²) in [6.07, 6.45) is 28.7. The molecule has 0 radical (unpaired) electrons. The van der Waals surface area contributed by atoms with Crippen LogP contribution >= 0.6 is 0 Å². The fraction of sp³-hybridized carbons (Fsp3) is 0.652. The van der Waals surface area contributed by atoms with E-state index in [0.29, 0.717) is 6.61 Å². The van der Waals surface area contributed by atoms with E-state index in [0.717, 1.165) is 38.5 Å². The first-order chi connectivity index (χ1) is 12.8. The average Bonchev–Trinajstić information content (AvgIpc) is 2.66. The van der Waals surface area contributed by atoms with Crippen molar-refractivity contribution in [1.29, 1.82) is 0 Å². The van der Waals surface area contributed by atoms with Gasteiger partial charge in [0.15, 0.2) is 0 Å². The monoisotopic (exact) mass is 364 g/mol. The van der Waals surface area contributed by atoms with Crippen molar-refractivity contribution >= 4 is 0 Å². The molecule has 0 saturated carbocycles. The zero-order chi connectivity index (χ0) is 19.1. The maximum Gasteiger partial charge on any atom is 0.104 e. The Morgan fingerprint density at radius 1 is 0.654 bits per heavy atom. The summed E-state index contributed by atoms with van der Waals surface area (Å²) in [5, 5.41) is 17.7. The highest BCUT2D eigenvalue weighted by Crippen LogP contribution is 2.02. The van der Waals surface area contributed by atoms with Gasteiger partial charge >= 0.3 is 0 Å². The fourth-order valence-corrected chi connectivity index (χ4v) is 2.34. The lowest BCUT2D eigenvalue weighted by atomic mass is 10.2. The van der Waals surface area contributed by atoms with Gasteiger partial charge in [-0.05, 0) is 51.4 Å². The van der Waals surface area contributed by atoms with Crippen molar-refractivity contribution in [2.24, 2.45) is 0 Å². The van der Waals surface area contributed by atoms with Gasteiger partial charge in [-0.15, -0.1) is 0 Å². The molecule has 0 rings (SSSR count). The van der Waals surface area contributed by atoms with Gasteiger partial charge in [-0.3, -0.25) is 0 Å². The minimum Gasteiger partial charge on any atom is -0.394 e. The molecule has 0 unspecified atom stereocenters. The zero-order valence-electron chi connectivity index (χ0n) is 16.7. The summed E-state index contributed by atoms with van der Waals surface area (Å²) in [6, 6.07) is 0. The second kappa shape index (κ2) is 21.9. The number of aliphatic hydroxyl groups excluding tert-OH is 2. The van der Waals surface area contributed by atoms with E-state index in [1.807, 2.05) is 0 Å². The Morgan fingerprint density at radius 2 is 1.12 bits per heavy atom. The maximum absolute atomic E-state index is 8.87. The predicted octanol–water partition coefficient (Wildman–Crippen LogP) is 5.50. The van der Waals surface area contributed by atoms with E-state index < -0.39 is 6.10 Å². The van der Waals surface area contributed by atoms with Gasteiger partial charge in [-0.1, -0.05) is 68.4 Å². The van der Waals surface area contributed by atoms with Crippen LogP contribution in [0.25, 0.3) is 0 Å². The van der Waals surface area contributed by atoms with Crippen LogP contribution in [0, 0.1) is 0 Å². The summed E-state index contributed by atoms with van der Waals surface area (Å²) in [5.74, 6) is 0. The van der Waals surface area contributed by atoms with E-state index in [1.54, 1.807) is 0 Å². The predicted molar refractivity (Wildman–Crippen MR) is 112 cm³/mol. The molecule has 0 spiro atoms. The van der Waals surface area contributed by atoms with Crippen molar-refractivity contribution in [3.8, 4) is 0 Å². The van der Waals surface area contributed by atoms with Crippen molar-refractivity contribution in [3.63, 3.8) is 0 Å². The molecule has 150 valence electrons. The van der Waals surface area contributed by atoms with Gasteiger partial charge in [0.2, 0.25) is 0 Å². The standard InChI is InChI=1S/C23H40O3/c1-2-3-4-5-6-7-8-9-10-11-12-13-14-15-16-17-18-19-20-26-23(21-24)22-25/h6-7,9-10,12-13,15-16,23-25H,2-5,8,11,14,17-22H2,1H3/b7-6+,10-9+,13-12+,16-15-. The second-order valence-corrected chi connectivity index (χ2v) is 6.44. The largest absolute Gasteiger partial charge is 0.394 e. The molecule has 0 aliphatic rings. The van der Waals surface area contributed by atoms with E-state index in [-0.39, 0.29) is 13.2 Å². The van der Waals surface area contributed by atoms with Gasteiger partial charge in [-0.2, -0.15) is 0 Å². The fourth-order valence-electron chi connectivity index (χ4n) is 2.34. The summed E-state index contributed by atoms with van der Waals surface area (Å²) in [6.45, 7) is 2.60. The van der Waals surface area contributed by atoms with Crippen LogP contribution in [0.15, 0.2) is 48.6 Å². The van der Waals surface area contributed by atoms with Crippen LogP contribution < -0.4 is 0 Å². The molecule has 0 fully saturated rings. The molecule has 2 N–H and O–H groups in total. The Hall–Kier alpha value is -1.16. The molecule has 26 heavy (non-hydrogen) atoms. The molecule has 3 nitrogen and oxygen atoms in total. The third kappa shape index (κ3) is 19.2. The van der Waals surface area contributed by atoms with Gasteiger partial charge in [0.25, 0.3) is 0 Å². The summed E-state index contributed by atoms with van der Waals surface area (Å²) < 4.78 is 5.32. The van der Waals surface area contributed by atoms with Gasteiger partial charge < -0.3 is 14.9 Å². The van der Waals surface area contributed by atoms with Crippen LogP contribution in [0.5, 0.6) is 0 Å². The molecule has 0 aromatic heterocycles. The molecule has 3 heteroatoms. The number of ether oxygens (including phenoxy) is 1. The summed E-state index contributed by atoms with van der Waals surface area (Å²) in [7, 11) is 0. The number of unbranched alkanes of at least 4 members (excludes halogenated alkanes) is 5. The first-order valence-corrected chi connectivity index (χ1v) is 10.3. The van der Waals surface area contributed by atoms with Crippen molar-refractivity contribution in [2.75, 3.05) is 19.8 Å². The lowest BCUT2D eigenvalue weighted by molar-refractivity contribution is -0.0206. The van der Waals surface area contributed by atoms with Gasteiger partial charge in [-0.25, -0.2) is 0 Å². The molecule has 0 heterocycles. The highest BCUT2D eigenvalue weighted by molar-refractivity contribution is 4.99. The van der Waals surface area contributed by atoms with E-state index in [1.165, 1.54) is 25.7 Å². The van der Waals surface area contributed by atoms with Gasteiger partial charge in [0, 0.05) is 6.61 Å². The third-order valence-electron chi connectivity index (χ3n) is 3.98. The molecular formula is C23H40O3. The van der Waals surface area contributed by atoms with Crippen LogP contribution in [0.2, 0.25) is 0 Å². The molecule has 0 aromatic carbocycles. The minimum atomic E-state index is -0.424. The van der Waals surface area contributed by atoms with E-state index in [9.17, 15) is 0 Å². The first kappa shape index (κ1) is 24.8. The van der Waals surface area contributed by atoms with Gasteiger partial charge in [0.1, 0.15) is 6.10 Å². The minimum absolute atomic E-state index is 0.117. The summed E-state index contributed by atoms with van der Waals surface area (Å²) in [5.41, 5.74) is 0. The van der Waals surface area contributed by atoms with E-state index in [2.05, 4.69) is 55.5 Å². The Labute approximate surface area is 161 Å². The lowest BCUT2D eigenvalue weighted by Crippen LogP contribution is -2.22. The molecule has 0 saturated heterocycles. The maximum atomic E-state index is 8.87. The zero-order valence-corrected chi connectivity index (χ0v) is 16.7. The number of hydrogen-bond donors (Lipinski definition) is 2. The number of rotatable bonds is 18. The molecule has 0 aliphatic carbocycles. The summed E-state index contributed by atoms with van der Waals surface area (Å²) >= 11 is 0. The van der Waals surface area contributed by atoms with Crippen LogP contribution in [0.4, 0.5) is 0 Å². The van der Waals surface area contributed by atoms with E-state index in [4.69, 9.17) is 14.9 Å².